The van der Waals surface area contributed by atoms with E-state index >= 15 is 0 Å². The molecule has 0 N–H and O–H groups in total. The molecule has 2 aliphatic rings. The van der Waals surface area contributed by atoms with Crippen LogP contribution in [0.5, 0.6) is 5.75 Å². The molecule has 7 nitrogen and oxygen atoms in total. The Labute approximate surface area is 217 Å². The Morgan fingerprint density at radius 2 is 1.62 bits per heavy atom. The summed E-state index contributed by atoms with van der Waals surface area (Å²) in [6, 6.07) is 19.0. The van der Waals surface area contributed by atoms with Gasteiger partial charge in [-0.2, -0.15) is 0 Å². The summed E-state index contributed by atoms with van der Waals surface area (Å²) in [5.41, 5.74) is 2.95. The first kappa shape index (κ1) is 25.1. The lowest BCUT2D eigenvalue weighted by Crippen LogP contribution is -2.50. The predicted molar refractivity (Wildman–Crippen MR) is 141 cm³/mol. The van der Waals surface area contributed by atoms with Crippen LogP contribution in [0.2, 0.25) is 0 Å². The van der Waals surface area contributed by atoms with Gasteiger partial charge in [-0.05, 0) is 67.3 Å². The monoisotopic (exact) mass is 523 g/mol. The lowest BCUT2D eigenvalue weighted by atomic mass is 10.0. The number of carbonyl (C=O) groups is 1. The number of amides is 1. The Kier molecular flexibility index (Phi) is 7.06. The van der Waals surface area contributed by atoms with Crippen LogP contribution in [0.1, 0.15) is 17.5 Å². The van der Waals surface area contributed by atoms with Crippen LogP contribution in [0, 0.1) is 12.7 Å². The van der Waals surface area contributed by atoms with Gasteiger partial charge in [0.1, 0.15) is 11.6 Å². The molecule has 3 aromatic rings. The Morgan fingerprint density at radius 1 is 0.919 bits per heavy atom. The molecule has 194 valence electrons. The molecule has 1 amide bonds. The number of hydrogen-bond donors (Lipinski definition) is 0. The van der Waals surface area contributed by atoms with Gasteiger partial charge in [0.25, 0.3) is 15.9 Å². The second kappa shape index (κ2) is 10.4. The molecule has 0 saturated carbocycles. The molecule has 0 unspecified atom stereocenters. The highest BCUT2D eigenvalue weighted by Gasteiger charge is 2.29. The number of sulfonamides is 1. The van der Waals surface area contributed by atoms with Crippen molar-refractivity contribution in [2.24, 2.45) is 0 Å². The quantitative estimate of drug-likeness (QED) is 0.489. The normalized spacial score (nSPS) is 15.9. The molecule has 9 heteroatoms. The highest BCUT2D eigenvalue weighted by molar-refractivity contribution is 7.92. The summed E-state index contributed by atoms with van der Waals surface area (Å²) in [6.07, 6.45) is 1.63. The van der Waals surface area contributed by atoms with Gasteiger partial charge < -0.3 is 14.5 Å². The highest BCUT2D eigenvalue weighted by atomic mass is 32.2. The van der Waals surface area contributed by atoms with Gasteiger partial charge in [-0.1, -0.05) is 30.3 Å². The highest BCUT2D eigenvalue weighted by Crippen LogP contribution is 2.33. The van der Waals surface area contributed by atoms with E-state index in [0.717, 1.165) is 24.1 Å². The number of fused-ring (bicyclic) bond motifs is 1. The summed E-state index contributed by atoms with van der Waals surface area (Å²) in [6.45, 7) is 4.10. The molecule has 0 atom stereocenters. The number of carbonyl (C=O) groups excluding carboxylic acids is 1. The number of nitrogens with zero attached hydrogens (tertiary/aromatic N) is 3. The summed E-state index contributed by atoms with van der Waals surface area (Å²) in [5.74, 6) is 0.0431. The number of rotatable bonds is 6. The topological polar surface area (TPSA) is 70.2 Å². The molecule has 0 aromatic heterocycles. The number of hydrogen-bond acceptors (Lipinski definition) is 5. The first-order chi connectivity index (χ1) is 17.8. The molecule has 1 fully saturated rings. The Bertz CT molecular complexity index is 1400. The van der Waals surface area contributed by atoms with Crippen molar-refractivity contribution < 1.29 is 22.3 Å². The summed E-state index contributed by atoms with van der Waals surface area (Å²) < 4.78 is 48.2. The van der Waals surface area contributed by atoms with E-state index in [-0.39, 0.29) is 23.2 Å². The first-order valence-electron chi connectivity index (χ1n) is 12.5. The fourth-order valence-corrected chi connectivity index (χ4v) is 6.58. The second-order valence-electron chi connectivity index (χ2n) is 9.34. The Morgan fingerprint density at radius 3 is 2.35 bits per heavy atom. The largest absolute Gasteiger partial charge is 0.483 e. The van der Waals surface area contributed by atoms with Crippen LogP contribution in [0.4, 0.5) is 15.8 Å². The molecule has 37 heavy (non-hydrogen) atoms. The van der Waals surface area contributed by atoms with E-state index in [9.17, 15) is 17.6 Å². The average Bonchev–Trinajstić information content (AvgIpc) is 2.92. The molecule has 2 aliphatic heterocycles. The minimum absolute atomic E-state index is 0.147. The van der Waals surface area contributed by atoms with Gasteiger partial charge in [-0.15, -0.1) is 0 Å². The van der Waals surface area contributed by atoms with Gasteiger partial charge >= 0.3 is 0 Å². The SMILES string of the molecule is Cc1cc(S(=O)(=O)N2CCCc3ccccc32)ccc1OCC(=O)N1CCN(c2ccccc2F)CC1. The van der Waals surface area contributed by atoms with E-state index < -0.39 is 10.0 Å². The van der Waals surface area contributed by atoms with Crippen molar-refractivity contribution in [3.05, 3.63) is 83.7 Å². The van der Waals surface area contributed by atoms with Crippen molar-refractivity contribution in [3.63, 3.8) is 0 Å². The van der Waals surface area contributed by atoms with Gasteiger partial charge in [-0.3, -0.25) is 9.10 Å². The van der Waals surface area contributed by atoms with Crippen LogP contribution in [0.3, 0.4) is 0 Å². The Balaban J connectivity index is 1.21. The van der Waals surface area contributed by atoms with E-state index in [1.54, 1.807) is 42.2 Å². The molecule has 1 saturated heterocycles. The smallest absolute Gasteiger partial charge is 0.264 e. The van der Waals surface area contributed by atoms with Crippen molar-refractivity contribution >= 4 is 27.3 Å². The minimum atomic E-state index is -3.72. The van der Waals surface area contributed by atoms with Crippen molar-refractivity contribution in [2.45, 2.75) is 24.7 Å². The van der Waals surface area contributed by atoms with Gasteiger partial charge in [0.05, 0.1) is 16.3 Å². The van der Waals surface area contributed by atoms with Crippen molar-refractivity contribution in [1.82, 2.24) is 4.90 Å². The zero-order valence-electron chi connectivity index (χ0n) is 20.8. The van der Waals surface area contributed by atoms with Crippen LogP contribution in [0.25, 0.3) is 0 Å². The van der Waals surface area contributed by atoms with Crippen LogP contribution < -0.4 is 13.9 Å². The molecular formula is C28H30FN3O4S. The number of halogens is 1. The van der Waals surface area contributed by atoms with Gasteiger partial charge in [0, 0.05) is 32.7 Å². The summed E-state index contributed by atoms with van der Waals surface area (Å²) in [5, 5.41) is 0. The zero-order valence-corrected chi connectivity index (χ0v) is 21.6. The Hall–Kier alpha value is -3.59. The van der Waals surface area contributed by atoms with Crippen LogP contribution in [-0.2, 0) is 21.2 Å². The predicted octanol–water partition coefficient (Wildman–Crippen LogP) is 4.00. The maximum atomic E-state index is 14.1. The standard InChI is InChI=1S/C28H30FN3O4S/c1-21-19-23(37(34,35)32-14-6-8-22-7-2-4-10-25(22)32)12-13-27(21)36-20-28(33)31-17-15-30(16-18-31)26-11-5-3-9-24(26)29/h2-5,7,9-13,19H,6,8,14-18,20H2,1H3. The third kappa shape index (κ3) is 5.13. The number of benzene rings is 3. The lowest BCUT2D eigenvalue weighted by molar-refractivity contribution is -0.133. The average molecular weight is 524 g/mol. The third-order valence-corrected chi connectivity index (χ3v) is 8.79. The molecule has 0 radical (unpaired) electrons. The van der Waals surface area contributed by atoms with Crippen molar-refractivity contribution in [1.29, 1.82) is 0 Å². The third-order valence-electron chi connectivity index (χ3n) is 6.98. The number of anilines is 2. The molecule has 2 heterocycles. The van der Waals surface area contributed by atoms with E-state index in [1.807, 2.05) is 29.2 Å². The van der Waals surface area contributed by atoms with Crippen molar-refractivity contribution in [2.75, 3.05) is 48.5 Å². The van der Waals surface area contributed by atoms with E-state index in [2.05, 4.69) is 0 Å². The van der Waals surface area contributed by atoms with Gasteiger partial charge in [0.2, 0.25) is 0 Å². The molecule has 0 aliphatic carbocycles. The van der Waals surface area contributed by atoms with E-state index in [0.29, 0.717) is 49.7 Å². The number of ether oxygens (including phenoxy) is 1. The number of piperazine rings is 1. The molecule has 0 bridgehead atoms. The maximum Gasteiger partial charge on any atom is 0.264 e. The molecule has 3 aromatic carbocycles. The van der Waals surface area contributed by atoms with E-state index in [1.165, 1.54) is 16.4 Å². The van der Waals surface area contributed by atoms with Crippen LogP contribution >= 0.6 is 0 Å². The summed E-state index contributed by atoms with van der Waals surface area (Å²) in [7, 11) is -3.72. The zero-order chi connectivity index (χ0) is 26.0. The van der Waals surface area contributed by atoms with Crippen LogP contribution in [-0.4, -0.2) is 58.6 Å². The van der Waals surface area contributed by atoms with Crippen LogP contribution in [0.15, 0.2) is 71.6 Å². The van der Waals surface area contributed by atoms with Gasteiger partial charge in [0.15, 0.2) is 6.61 Å². The van der Waals surface area contributed by atoms with Crippen molar-refractivity contribution in [3.8, 4) is 5.75 Å². The number of para-hydroxylation sites is 2. The van der Waals surface area contributed by atoms with E-state index in [4.69, 9.17) is 4.74 Å². The fraction of sp³-hybridized carbons (Fsp3) is 0.321. The number of aryl methyl sites for hydroxylation is 2. The fourth-order valence-electron chi connectivity index (χ4n) is 4.96. The molecule has 0 spiro atoms. The summed E-state index contributed by atoms with van der Waals surface area (Å²) in [4.78, 5) is 16.6. The minimum Gasteiger partial charge on any atom is -0.483 e. The van der Waals surface area contributed by atoms with Gasteiger partial charge in [-0.25, -0.2) is 12.8 Å². The summed E-state index contributed by atoms with van der Waals surface area (Å²) >= 11 is 0. The maximum absolute atomic E-state index is 14.1. The molecular weight excluding hydrogens is 493 g/mol. The lowest BCUT2D eigenvalue weighted by Gasteiger charge is -2.36. The second-order valence-corrected chi connectivity index (χ2v) is 11.2. The first-order valence-corrected chi connectivity index (χ1v) is 13.9. The molecule has 5 rings (SSSR count).